The molecule has 0 aliphatic carbocycles. The normalized spacial score (nSPS) is 15.8. The first-order chi connectivity index (χ1) is 14.1. The van der Waals surface area contributed by atoms with Gasteiger partial charge in [-0.15, -0.1) is 0 Å². The van der Waals surface area contributed by atoms with Crippen molar-refractivity contribution >= 4 is 17.7 Å². The zero-order valence-corrected chi connectivity index (χ0v) is 16.7. The van der Waals surface area contributed by atoms with Gasteiger partial charge in [0.1, 0.15) is 6.04 Å². The predicted molar refractivity (Wildman–Crippen MR) is 111 cm³/mol. The molecule has 1 atom stereocenters. The fraction of sp³-hybridized carbons (Fsp3) is 0.348. The quantitative estimate of drug-likeness (QED) is 0.758. The lowest BCUT2D eigenvalue weighted by Gasteiger charge is -2.24. The minimum absolute atomic E-state index is 0.0138. The van der Waals surface area contributed by atoms with Gasteiger partial charge in [-0.1, -0.05) is 42.5 Å². The Labute approximate surface area is 171 Å². The fourth-order valence-electron chi connectivity index (χ4n) is 3.55. The monoisotopic (exact) mass is 393 g/mol. The molecule has 2 N–H and O–H groups in total. The van der Waals surface area contributed by atoms with Gasteiger partial charge in [-0.2, -0.15) is 0 Å². The summed E-state index contributed by atoms with van der Waals surface area (Å²) in [6.07, 6.45) is 1.83. The molecule has 152 valence electrons. The van der Waals surface area contributed by atoms with Gasteiger partial charge >= 0.3 is 0 Å². The standard InChI is InChI=1S/C23H27N3O3/c1-2-24-22(28)19-12-10-18(11-13-19)16-25-23(29)20-9-6-14-26(20)21(27)15-17-7-4-3-5-8-17/h3-5,7-8,10-13,20H,2,6,9,14-16H2,1H3,(H,24,28)(H,25,29). The van der Waals surface area contributed by atoms with E-state index in [2.05, 4.69) is 10.6 Å². The van der Waals surface area contributed by atoms with E-state index in [0.717, 1.165) is 17.5 Å². The van der Waals surface area contributed by atoms with Crippen LogP contribution in [0.5, 0.6) is 0 Å². The minimum Gasteiger partial charge on any atom is -0.352 e. The number of amides is 3. The second-order valence-corrected chi connectivity index (χ2v) is 7.18. The number of carbonyl (C=O) groups excluding carboxylic acids is 3. The van der Waals surface area contributed by atoms with E-state index in [1.807, 2.05) is 49.4 Å². The summed E-state index contributed by atoms with van der Waals surface area (Å²) in [6.45, 7) is 3.44. The van der Waals surface area contributed by atoms with Gasteiger partial charge in [-0.3, -0.25) is 14.4 Å². The summed E-state index contributed by atoms with van der Waals surface area (Å²) in [5, 5.41) is 5.69. The number of benzene rings is 2. The van der Waals surface area contributed by atoms with Crippen molar-refractivity contribution < 1.29 is 14.4 Å². The van der Waals surface area contributed by atoms with Crippen LogP contribution in [0.4, 0.5) is 0 Å². The first-order valence-electron chi connectivity index (χ1n) is 10.1. The van der Waals surface area contributed by atoms with Crippen molar-refractivity contribution in [2.75, 3.05) is 13.1 Å². The van der Waals surface area contributed by atoms with Crippen LogP contribution < -0.4 is 10.6 Å². The lowest BCUT2D eigenvalue weighted by atomic mass is 10.1. The molecule has 29 heavy (non-hydrogen) atoms. The van der Waals surface area contributed by atoms with Crippen LogP contribution in [0.15, 0.2) is 54.6 Å². The zero-order chi connectivity index (χ0) is 20.6. The molecule has 3 rings (SSSR count). The Morgan fingerprint density at radius 2 is 1.69 bits per heavy atom. The third-order valence-electron chi connectivity index (χ3n) is 5.09. The maximum Gasteiger partial charge on any atom is 0.251 e. The van der Waals surface area contributed by atoms with Crippen molar-refractivity contribution in [3.05, 3.63) is 71.3 Å². The summed E-state index contributed by atoms with van der Waals surface area (Å²) in [5.74, 6) is -0.251. The van der Waals surface area contributed by atoms with Gasteiger partial charge in [0.2, 0.25) is 11.8 Å². The Balaban J connectivity index is 1.54. The fourth-order valence-corrected chi connectivity index (χ4v) is 3.55. The molecule has 1 saturated heterocycles. The molecule has 1 unspecified atom stereocenters. The van der Waals surface area contributed by atoms with Gasteiger partial charge in [-0.05, 0) is 43.0 Å². The van der Waals surface area contributed by atoms with Gasteiger partial charge in [0, 0.05) is 25.2 Å². The van der Waals surface area contributed by atoms with Crippen LogP contribution in [-0.4, -0.2) is 41.8 Å². The molecule has 1 fully saturated rings. The highest BCUT2D eigenvalue weighted by Gasteiger charge is 2.33. The van der Waals surface area contributed by atoms with E-state index < -0.39 is 6.04 Å². The van der Waals surface area contributed by atoms with Crippen molar-refractivity contribution in [2.45, 2.75) is 38.8 Å². The number of rotatable bonds is 7. The van der Waals surface area contributed by atoms with Crippen LogP contribution >= 0.6 is 0 Å². The van der Waals surface area contributed by atoms with Gasteiger partial charge in [0.25, 0.3) is 5.91 Å². The summed E-state index contributed by atoms with van der Waals surface area (Å²) < 4.78 is 0. The molecule has 1 heterocycles. The molecule has 0 saturated carbocycles. The number of hydrogen-bond donors (Lipinski definition) is 2. The molecule has 0 aromatic heterocycles. The Kier molecular flexibility index (Phi) is 7.00. The van der Waals surface area contributed by atoms with Crippen molar-refractivity contribution in [3.63, 3.8) is 0 Å². The summed E-state index contributed by atoms with van der Waals surface area (Å²) in [7, 11) is 0. The van der Waals surface area contributed by atoms with E-state index >= 15 is 0 Å². The number of carbonyl (C=O) groups is 3. The minimum atomic E-state index is -0.416. The molecule has 0 spiro atoms. The molecule has 0 radical (unpaired) electrons. The Hall–Kier alpha value is -3.15. The first-order valence-corrected chi connectivity index (χ1v) is 10.1. The smallest absolute Gasteiger partial charge is 0.251 e. The first kappa shape index (κ1) is 20.6. The van der Waals surface area contributed by atoms with Crippen LogP contribution in [-0.2, 0) is 22.6 Å². The van der Waals surface area contributed by atoms with E-state index in [1.54, 1.807) is 17.0 Å². The maximum atomic E-state index is 12.7. The topological polar surface area (TPSA) is 78.5 Å². The van der Waals surface area contributed by atoms with E-state index in [-0.39, 0.29) is 17.7 Å². The molecule has 6 heteroatoms. The van der Waals surface area contributed by atoms with Gasteiger partial charge in [0.15, 0.2) is 0 Å². The van der Waals surface area contributed by atoms with Crippen LogP contribution in [0.1, 0.15) is 41.3 Å². The van der Waals surface area contributed by atoms with Crippen LogP contribution in [0.25, 0.3) is 0 Å². The van der Waals surface area contributed by atoms with Crippen LogP contribution in [0.3, 0.4) is 0 Å². The summed E-state index contributed by atoms with van der Waals surface area (Å²) in [6, 6.07) is 16.3. The number of hydrogen-bond acceptors (Lipinski definition) is 3. The summed E-state index contributed by atoms with van der Waals surface area (Å²) >= 11 is 0. The van der Waals surface area contributed by atoms with Crippen LogP contribution in [0.2, 0.25) is 0 Å². The van der Waals surface area contributed by atoms with E-state index in [0.29, 0.717) is 38.0 Å². The van der Waals surface area contributed by atoms with Gasteiger partial charge < -0.3 is 15.5 Å². The maximum absolute atomic E-state index is 12.7. The summed E-state index contributed by atoms with van der Waals surface area (Å²) in [5.41, 5.74) is 2.46. The Morgan fingerprint density at radius 1 is 0.966 bits per heavy atom. The molecule has 2 aromatic rings. The Morgan fingerprint density at radius 3 is 2.38 bits per heavy atom. The van der Waals surface area contributed by atoms with E-state index in [4.69, 9.17) is 0 Å². The Bertz CT molecular complexity index is 849. The molecule has 1 aliphatic rings. The SMILES string of the molecule is CCNC(=O)c1ccc(CNC(=O)C2CCCN2C(=O)Cc2ccccc2)cc1. The lowest BCUT2D eigenvalue weighted by molar-refractivity contribution is -0.138. The predicted octanol–water partition coefficient (Wildman–Crippen LogP) is 2.29. The van der Waals surface area contributed by atoms with Crippen molar-refractivity contribution in [1.29, 1.82) is 0 Å². The average molecular weight is 393 g/mol. The highest BCUT2D eigenvalue weighted by Crippen LogP contribution is 2.19. The second-order valence-electron chi connectivity index (χ2n) is 7.18. The number of nitrogens with zero attached hydrogens (tertiary/aromatic N) is 1. The molecular formula is C23H27N3O3. The van der Waals surface area contributed by atoms with Gasteiger partial charge in [-0.25, -0.2) is 0 Å². The van der Waals surface area contributed by atoms with Crippen LogP contribution in [0, 0.1) is 0 Å². The highest BCUT2D eigenvalue weighted by molar-refractivity contribution is 5.94. The molecular weight excluding hydrogens is 366 g/mol. The molecule has 0 bridgehead atoms. The van der Waals surface area contributed by atoms with Crippen molar-refractivity contribution in [2.24, 2.45) is 0 Å². The summed E-state index contributed by atoms with van der Waals surface area (Å²) in [4.78, 5) is 38.8. The molecule has 3 amide bonds. The largest absolute Gasteiger partial charge is 0.352 e. The zero-order valence-electron chi connectivity index (χ0n) is 16.7. The van der Waals surface area contributed by atoms with E-state index in [1.165, 1.54) is 0 Å². The number of likely N-dealkylation sites (tertiary alicyclic amines) is 1. The number of nitrogens with one attached hydrogen (secondary N) is 2. The van der Waals surface area contributed by atoms with E-state index in [9.17, 15) is 14.4 Å². The van der Waals surface area contributed by atoms with Gasteiger partial charge in [0.05, 0.1) is 6.42 Å². The highest BCUT2D eigenvalue weighted by atomic mass is 16.2. The average Bonchev–Trinajstić information content (AvgIpc) is 3.23. The van der Waals surface area contributed by atoms with Crippen molar-refractivity contribution in [3.8, 4) is 0 Å². The molecule has 1 aliphatic heterocycles. The lowest BCUT2D eigenvalue weighted by Crippen LogP contribution is -2.46. The third kappa shape index (κ3) is 5.44. The molecule has 2 aromatic carbocycles. The molecule has 6 nitrogen and oxygen atoms in total. The van der Waals surface area contributed by atoms with Crippen molar-refractivity contribution in [1.82, 2.24) is 15.5 Å². The second kappa shape index (κ2) is 9.87. The third-order valence-corrected chi connectivity index (χ3v) is 5.09.